The fraction of sp³-hybridized carbons (Fsp3) is 0.0833. The van der Waals surface area contributed by atoms with Gasteiger partial charge in [-0.3, -0.25) is 0 Å². The summed E-state index contributed by atoms with van der Waals surface area (Å²) in [6.07, 6.45) is 8.37. The van der Waals surface area contributed by atoms with Gasteiger partial charge in [-0.25, -0.2) is 9.97 Å². The van der Waals surface area contributed by atoms with Gasteiger partial charge < -0.3 is 53.7 Å². The van der Waals surface area contributed by atoms with E-state index in [9.17, 15) is 0 Å². The molecule has 0 saturated heterocycles. The van der Waals surface area contributed by atoms with Crippen molar-refractivity contribution in [3.05, 3.63) is 144 Å². The predicted octanol–water partition coefficient (Wildman–Crippen LogP) is 5.36. The molecule has 0 unspecified atom stereocenters. The third kappa shape index (κ3) is 8.11. The number of hydrogen-bond donors (Lipinski definition) is 2. The second kappa shape index (κ2) is 18.1. The summed E-state index contributed by atoms with van der Waals surface area (Å²) < 4.78 is 22.1. The molecule has 11 heteroatoms. The van der Waals surface area contributed by atoms with Crippen LogP contribution in [0.3, 0.4) is 0 Å². The van der Waals surface area contributed by atoms with Gasteiger partial charge >= 0.3 is 17.1 Å². The van der Waals surface area contributed by atoms with Crippen molar-refractivity contribution in [3.63, 3.8) is 0 Å². The largest absolute Gasteiger partial charge is 2.00 e. The first-order valence-electron chi connectivity index (χ1n) is 18.3. The van der Waals surface area contributed by atoms with E-state index in [4.69, 9.17) is 28.9 Å². The number of aromatic nitrogens is 4. The number of aromatic amines is 2. The van der Waals surface area contributed by atoms with Crippen LogP contribution in [0.25, 0.3) is 90.9 Å². The van der Waals surface area contributed by atoms with Gasteiger partial charge in [0, 0.05) is 44.3 Å². The topological polar surface area (TPSA) is 94.3 Å². The van der Waals surface area contributed by atoms with Crippen molar-refractivity contribution in [2.24, 2.45) is 0 Å². The normalized spacial score (nSPS) is 11.2. The van der Waals surface area contributed by atoms with Crippen molar-refractivity contribution < 1.29 is 60.8 Å². The number of halogens is 2. The molecule has 5 heterocycles. The molecule has 9 rings (SSSR count). The number of nitrogens with one attached hydrogen (secondary N) is 2. The maximum Gasteiger partial charge on any atom is 2.00 e. The Balaban J connectivity index is 0.00000195. The molecule has 8 bridgehead atoms. The molecule has 4 aromatic carbocycles. The monoisotopic (exact) mass is 860 g/mol. The third-order valence-corrected chi connectivity index (χ3v) is 10.3. The maximum absolute atomic E-state index is 5.53. The van der Waals surface area contributed by atoms with Crippen LogP contribution in [0.1, 0.15) is 22.8 Å². The minimum atomic E-state index is 0. The van der Waals surface area contributed by atoms with Crippen molar-refractivity contribution in [2.75, 3.05) is 28.4 Å². The minimum Gasteiger partial charge on any atom is -1.00 e. The van der Waals surface area contributed by atoms with Crippen molar-refractivity contribution in [3.8, 4) is 67.5 Å². The summed E-state index contributed by atoms with van der Waals surface area (Å²) >= 11 is 0. The van der Waals surface area contributed by atoms with Crippen molar-refractivity contribution in [1.82, 2.24) is 19.9 Å². The van der Waals surface area contributed by atoms with Crippen LogP contribution in [0.5, 0.6) is 23.0 Å². The van der Waals surface area contributed by atoms with Crippen LogP contribution in [0, 0.1) is 0 Å². The molecule has 0 spiro atoms. The van der Waals surface area contributed by atoms with Gasteiger partial charge in [-0.15, -0.1) is 0 Å². The predicted molar refractivity (Wildman–Crippen MR) is 227 cm³/mol. The van der Waals surface area contributed by atoms with Crippen LogP contribution in [0.4, 0.5) is 0 Å². The molecule has 296 valence electrons. The molecule has 0 fully saturated rings. The first kappa shape index (κ1) is 42.4. The minimum absolute atomic E-state index is 0. The summed E-state index contributed by atoms with van der Waals surface area (Å²) in [7, 11) is 6.71. The maximum atomic E-state index is 5.53. The first-order chi connectivity index (χ1) is 27.5. The van der Waals surface area contributed by atoms with Gasteiger partial charge in [-0.2, -0.15) is 0 Å². The second-order valence-electron chi connectivity index (χ2n) is 13.4. The molecule has 2 aliphatic rings. The number of nitrogens with zero attached hydrogens (tertiary/aromatic N) is 2. The van der Waals surface area contributed by atoms with Gasteiger partial charge in [0.1, 0.15) is 23.0 Å². The molecule has 0 radical (unpaired) electrons. The van der Waals surface area contributed by atoms with E-state index < -0.39 is 0 Å². The molecule has 0 amide bonds. The molecule has 0 aliphatic carbocycles. The molecular formula is C48H38Cl2FeN4O4. The van der Waals surface area contributed by atoms with E-state index in [1.165, 1.54) is 0 Å². The molecule has 2 aliphatic heterocycles. The average molecular weight is 862 g/mol. The van der Waals surface area contributed by atoms with Gasteiger partial charge in [-0.1, -0.05) is 48.5 Å². The van der Waals surface area contributed by atoms with Gasteiger partial charge in [0.25, 0.3) is 0 Å². The molecule has 0 saturated carbocycles. The summed E-state index contributed by atoms with van der Waals surface area (Å²) in [5, 5.41) is 0. The number of ether oxygens (including phenoxy) is 4. The Morgan fingerprint density at radius 2 is 0.525 bits per heavy atom. The second-order valence-corrected chi connectivity index (χ2v) is 13.4. The molecule has 59 heavy (non-hydrogen) atoms. The number of benzene rings is 4. The van der Waals surface area contributed by atoms with Gasteiger partial charge in [0.2, 0.25) is 0 Å². The Morgan fingerprint density at radius 3 is 0.712 bits per heavy atom. The van der Waals surface area contributed by atoms with E-state index >= 15 is 0 Å². The molecule has 3 aromatic heterocycles. The van der Waals surface area contributed by atoms with Crippen LogP contribution in [0.15, 0.2) is 121 Å². The number of rotatable bonds is 8. The van der Waals surface area contributed by atoms with Crippen LogP contribution < -0.4 is 43.8 Å². The van der Waals surface area contributed by atoms with Crippen LogP contribution >= 0.6 is 0 Å². The van der Waals surface area contributed by atoms with E-state index in [-0.39, 0.29) is 41.9 Å². The molecular weight excluding hydrogens is 823 g/mol. The third-order valence-electron chi connectivity index (χ3n) is 10.3. The van der Waals surface area contributed by atoms with E-state index in [0.29, 0.717) is 0 Å². The Labute approximate surface area is 365 Å². The zero-order valence-electron chi connectivity index (χ0n) is 32.5. The zero-order valence-corrected chi connectivity index (χ0v) is 35.1. The number of methoxy groups -OCH3 is 4. The van der Waals surface area contributed by atoms with Crippen LogP contribution in [-0.4, -0.2) is 48.4 Å². The van der Waals surface area contributed by atoms with Crippen molar-refractivity contribution in [1.29, 1.82) is 0 Å². The summed E-state index contributed by atoms with van der Waals surface area (Å²) in [5.74, 6) is 3.12. The van der Waals surface area contributed by atoms with E-state index in [2.05, 4.69) is 107 Å². The summed E-state index contributed by atoms with van der Waals surface area (Å²) in [4.78, 5) is 18.4. The summed E-state index contributed by atoms with van der Waals surface area (Å²) in [6, 6.07) is 40.9. The molecule has 8 nitrogen and oxygen atoms in total. The number of H-pyrrole nitrogens is 2. The van der Waals surface area contributed by atoms with E-state index in [1.807, 2.05) is 48.5 Å². The Hall–Kier alpha value is -6.22. The average Bonchev–Trinajstić information content (AvgIpc) is 4.10. The van der Waals surface area contributed by atoms with Crippen molar-refractivity contribution in [2.45, 2.75) is 0 Å². The quantitative estimate of drug-likeness (QED) is 0.200. The van der Waals surface area contributed by atoms with E-state index in [0.717, 1.165) is 112 Å². The molecule has 7 aromatic rings. The molecule has 2 N–H and O–H groups in total. The SMILES string of the molecule is COc1ccc(-c2c3nc(c(-c4ccc(OC)cc4)c4ccc([nH]4)c(-c4ccc(OC)cc4)c4nc(c(-c5ccc(OC)cc5)c5ccc2[nH]5)C=C4)C=C3)cc1.[Cl-].[Cl-].[Fe+2]. The van der Waals surface area contributed by atoms with Gasteiger partial charge in [0.05, 0.1) is 51.2 Å². The Morgan fingerprint density at radius 1 is 0.322 bits per heavy atom. The molecule has 0 atom stereocenters. The first-order valence-corrected chi connectivity index (χ1v) is 18.3. The Bertz CT molecular complexity index is 2450. The standard InChI is InChI=1S/C48H38N4O4.2ClH.Fe/c1-53-33-13-5-29(6-14-33)45-37-21-23-39(49-37)46(30-7-15-34(54-2)16-8-30)41-25-27-43(51-41)48(32-11-19-36(56-4)20-12-32)44-28-26-42(52-44)47(40-24-22-38(45)50-40)31-9-17-35(55-3)18-10-31;;;/h5-28,49,52H,1-4H3;2*1H;/q;;;+2/p-2. The number of hydrogen-bond acceptors (Lipinski definition) is 6. The fourth-order valence-electron chi connectivity index (χ4n) is 7.45. The number of fused-ring (bicyclic) bond motifs is 8. The Kier molecular flexibility index (Phi) is 13.0. The summed E-state index contributed by atoms with van der Waals surface area (Å²) in [5.41, 5.74) is 14.8. The summed E-state index contributed by atoms with van der Waals surface area (Å²) in [6.45, 7) is 0. The zero-order chi connectivity index (χ0) is 38.2. The van der Waals surface area contributed by atoms with Crippen LogP contribution in [-0.2, 0) is 17.1 Å². The fourth-order valence-corrected chi connectivity index (χ4v) is 7.45. The van der Waals surface area contributed by atoms with Crippen molar-refractivity contribution >= 4 is 46.4 Å². The van der Waals surface area contributed by atoms with Gasteiger partial charge in [-0.05, 0) is 119 Å². The smallest absolute Gasteiger partial charge is 1.00 e. The van der Waals surface area contributed by atoms with E-state index in [1.54, 1.807) is 28.4 Å². The van der Waals surface area contributed by atoms with Crippen LogP contribution in [0.2, 0.25) is 0 Å². The van der Waals surface area contributed by atoms with Gasteiger partial charge in [0.15, 0.2) is 0 Å².